The Balaban J connectivity index is 2.79. The van der Waals surface area contributed by atoms with E-state index in [4.69, 9.17) is 4.74 Å². The van der Waals surface area contributed by atoms with Gasteiger partial charge in [-0.15, -0.1) is 0 Å². The summed E-state index contributed by atoms with van der Waals surface area (Å²) in [5.74, 6) is -0.0248. The van der Waals surface area contributed by atoms with Crippen LogP contribution < -0.4 is 10.6 Å². The number of alkyl carbamates (subject to hydrolysis) is 1. The minimum Gasteiger partial charge on any atom is -0.444 e. The van der Waals surface area contributed by atoms with Crippen molar-refractivity contribution < 1.29 is 17.9 Å². The summed E-state index contributed by atoms with van der Waals surface area (Å²) in [6.45, 7) is 8.75. The van der Waals surface area contributed by atoms with Gasteiger partial charge in [0.25, 0.3) is 0 Å². The Hall–Kier alpha value is -0.860. The summed E-state index contributed by atoms with van der Waals surface area (Å²) < 4.78 is 30.1. The Morgan fingerprint density at radius 2 is 1.95 bits per heavy atom. The lowest BCUT2D eigenvalue weighted by atomic mass is 10.1. The highest BCUT2D eigenvalue weighted by atomic mass is 32.2. The SMILES string of the molecule is CN1C(NC(=O)OC(C)(C)C)NC(C)(C)CS1(=O)=O. The van der Waals surface area contributed by atoms with Crippen LogP contribution in [0.3, 0.4) is 0 Å². The third-order valence-electron chi connectivity index (χ3n) is 2.53. The molecule has 0 bridgehead atoms. The van der Waals surface area contributed by atoms with Crippen molar-refractivity contribution in [1.29, 1.82) is 0 Å². The second kappa shape index (κ2) is 4.92. The van der Waals surface area contributed by atoms with Crippen LogP contribution in [0, 0.1) is 0 Å². The molecule has 0 saturated carbocycles. The van der Waals surface area contributed by atoms with Gasteiger partial charge in [-0.2, -0.15) is 4.31 Å². The van der Waals surface area contributed by atoms with Crippen molar-refractivity contribution >= 4 is 16.1 Å². The first-order chi connectivity index (χ1) is 8.32. The first-order valence-corrected chi connectivity index (χ1v) is 7.66. The molecule has 0 aromatic heterocycles. The number of sulfonamides is 1. The lowest BCUT2D eigenvalue weighted by molar-refractivity contribution is 0.0428. The van der Waals surface area contributed by atoms with E-state index in [2.05, 4.69) is 10.6 Å². The van der Waals surface area contributed by atoms with Gasteiger partial charge < -0.3 is 4.74 Å². The van der Waals surface area contributed by atoms with Gasteiger partial charge in [0, 0.05) is 12.6 Å². The van der Waals surface area contributed by atoms with Crippen LogP contribution >= 0.6 is 0 Å². The number of hydrogen-bond acceptors (Lipinski definition) is 5. The highest BCUT2D eigenvalue weighted by Gasteiger charge is 2.41. The third-order valence-corrected chi connectivity index (χ3v) is 4.70. The number of nitrogens with zero attached hydrogens (tertiary/aromatic N) is 1. The van der Waals surface area contributed by atoms with Crippen molar-refractivity contribution in [1.82, 2.24) is 14.9 Å². The summed E-state index contributed by atoms with van der Waals surface area (Å²) in [7, 11) is -1.99. The molecule has 1 amide bonds. The van der Waals surface area contributed by atoms with Crippen LogP contribution in [0.4, 0.5) is 4.79 Å². The number of nitrogens with one attached hydrogen (secondary N) is 2. The normalized spacial score (nSPS) is 26.7. The summed E-state index contributed by atoms with van der Waals surface area (Å²) in [6.07, 6.45) is -1.48. The van der Waals surface area contributed by atoms with E-state index in [0.717, 1.165) is 4.31 Å². The van der Waals surface area contributed by atoms with E-state index in [1.807, 2.05) is 0 Å². The van der Waals surface area contributed by atoms with E-state index in [1.54, 1.807) is 34.6 Å². The highest BCUT2D eigenvalue weighted by Crippen LogP contribution is 2.18. The summed E-state index contributed by atoms with van der Waals surface area (Å²) in [6, 6.07) is 0. The first kappa shape index (κ1) is 16.2. The molecule has 1 aliphatic heterocycles. The quantitative estimate of drug-likeness (QED) is 0.732. The first-order valence-electron chi connectivity index (χ1n) is 6.05. The molecule has 2 N–H and O–H groups in total. The summed E-state index contributed by atoms with van der Waals surface area (Å²) in [5.41, 5.74) is -1.25. The molecule has 1 saturated heterocycles. The standard InChI is InChI=1S/C11H23N3O4S/c1-10(2,3)18-9(15)12-8-13-11(4,5)7-19(16,17)14(8)6/h8,13H,7H2,1-6H3,(H,12,15). The molecule has 1 unspecified atom stereocenters. The topological polar surface area (TPSA) is 87.7 Å². The smallest absolute Gasteiger partial charge is 0.409 e. The number of ether oxygens (including phenoxy) is 1. The van der Waals surface area contributed by atoms with Crippen LogP contribution in [0.2, 0.25) is 0 Å². The summed E-state index contributed by atoms with van der Waals surface area (Å²) in [5, 5.41) is 5.56. The van der Waals surface area contributed by atoms with Crippen LogP contribution in [0.25, 0.3) is 0 Å². The van der Waals surface area contributed by atoms with E-state index >= 15 is 0 Å². The molecule has 0 aliphatic carbocycles. The zero-order chi connectivity index (χ0) is 15.1. The molecular weight excluding hydrogens is 270 g/mol. The van der Waals surface area contributed by atoms with Crippen molar-refractivity contribution in [2.45, 2.75) is 52.0 Å². The van der Waals surface area contributed by atoms with Gasteiger partial charge in [0.15, 0.2) is 6.29 Å². The predicted molar refractivity (Wildman–Crippen MR) is 71.9 cm³/mol. The minimum absolute atomic E-state index is 0.0248. The second-order valence-corrected chi connectivity index (χ2v) is 8.38. The average Bonchev–Trinajstić information content (AvgIpc) is 2.07. The highest BCUT2D eigenvalue weighted by molar-refractivity contribution is 7.89. The number of amides is 1. The largest absolute Gasteiger partial charge is 0.444 e. The Kier molecular flexibility index (Phi) is 4.19. The van der Waals surface area contributed by atoms with Gasteiger partial charge in [-0.25, -0.2) is 13.2 Å². The van der Waals surface area contributed by atoms with Gasteiger partial charge in [-0.05, 0) is 34.6 Å². The molecule has 0 aromatic rings. The van der Waals surface area contributed by atoms with E-state index in [0.29, 0.717) is 0 Å². The monoisotopic (exact) mass is 293 g/mol. The van der Waals surface area contributed by atoms with Crippen LogP contribution in [-0.4, -0.2) is 49.0 Å². The molecule has 112 valence electrons. The maximum Gasteiger partial charge on any atom is 0.409 e. The van der Waals surface area contributed by atoms with Crippen molar-refractivity contribution in [3.63, 3.8) is 0 Å². The van der Waals surface area contributed by atoms with E-state index in [-0.39, 0.29) is 5.75 Å². The fourth-order valence-corrected chi connectivity index (χ4v) is 3.39. The van der Waals surface area contributed by atoms with Crippen molar-refractivity contribution in [3.05, 3.63) is 0 Å². The van der Waals surface area contributed by atoms with Crippen molar-refractivity contribution in [2.24, 2.45) is 0 Å². The number of rotatable bonds is 1. The van der Waals surface area contributed by atoms with Crippen LogP contribution in [-0.2, 0) is 14.8 Å². The van der Waals surface area contributed by atoms with Crippen molar-refractivity contribution in [3.8, 4) is 0 Å². The average molecular weight is 293 g/mol. The zero-order valence-corrected chi connectivity index (χ0v) is 13.1. The Labute approximate surface area is 114 Å². The van der Waals surface area contributed by atoms with Gasteiger partial charge >= 0.3 is 6.09 Å². The van der Waals surface area contributed by atoms with Crippen molar-refractivity contribution in [2.75, 3.05) is 12.8 Å². The molecule has 1 heterocycles. The van der Waals surface area contributed by atoms with Crippen LogP contribution in [0.5, 0.6) is 0 Å². The maximum absolute atomic E-state index is 12.0. The molecule has 19 heavy (non-hydrogen) atoms. The second-order valence-electron chi connectivity index (χ2n) is 6.35. The zero-order valence-electron chi connectivity index (χ0n) is 12.3. The number of hydrogen-bond donors (Lipinski definition) is 2. The molecule has 0 spiro atoms. The molecule has 0 aromatic carbocycles. The van der Waals surface area contributed by atoms with Crippen LogP contribution in [0.15, 0.2) is 0 Å². The number of carbonyl (C=O) groups is 1. The third kappa shape index (κ3) is 4.63. The predicted octanol–water partition coefficient (Wildman–Crippen LogP) is 0.438. The molecular formula is C11H23N3O4S. The summed E-state index contributed by atoms with van der Waals surface area (Å²) >= 11 is 0. The Bertz CT molecular complexity index is 453. The summed E-state index contributed by atoms with van der Waals surface area (Å²) in [4.78, 5) is 11.7. The van der Waals surface area contributed by atoms with Gasteiger partial charge in [0.1, 0.15) is 5.60 Å². The van der Waals surface area contributed by atoms with Gasteiger partial charge in [-0.1, -0.05) is 0 Å². The molecule has 1 atom stereocenters. The molecule has 0 radical (unpaired) electrons. The molecule has 8 heteroatoms. The minimum atomic E-state index is -3.41. The van der Waals surface area contributed by atoms with Gasteiger partial charge in [-0.3, -0.25) is 10.6 Å². The van der Waals surface area contributed by atoms with Gasteiger partial charge in [0.2, 0.25) is 10.0 Å². The lowest BCUT2D eigenvalue weighted by Gasteiger charge is -2.42. The lowest BCUT2D eigenvalue weighted by Crippen LogP contribution is -2.69. The van der Waals surface area contributed by atoms with E-state index in [9.17, 15) is 13.2 Å². The van der Waals surface area contributed by atoms with E-state index in [1.165, 1.54) is 7.05 Å². The van der Waals surface area contributed by atoms with E-state index < -0.39 is 33.5 Å². The molecule has 1 rings (SSSR count). The fourth-order valence-electron chi connectivity index (χ4n) is 1.77. The number of carbonyl (C=O) groups excluding carboxylic acids is 1. The van der Waals surface area contributed by atoms with Crippen LogP contribution in [0.1, 0.15) is 34.6 Å². The molecule has 1 aliphatic rings. The Morgan fingerprint density at radius 1 is 1.42 bits per heavy atom. The molecule has 1 fully saturated rings. The fraction of sp³-hybridized carbons (Fsp3) is 0.909. The Morgan fingerprint density at radius 3 is 2.42 bits per heavy atom. The molecule has 7 nitrogen and oxygen atoms in total. The van der Waals surface area contributed by atoms with Gasteiger partial charge in [0.05, 0.1) is 5.75 Å². The maximum atomic E-state index is 12.0.